The van der Waals surface area contributed by atoms with Crippen LogP contribution in [0.1, 0.15) is 26.7 Å². The van der Waals surface area contributed by atoms with E-state index < -0.39 is 0 Å². The SMILES string of the molecule is CC(C)C1CC(CN2CCS[C@H]2C(N)=O)C1. The molecule has 0 unspecified atom stereocenters. The molecule has 2 N–H and O–H groups in total. The smallest absolute Gasteiger partial charge is 0.245 e. The average Bonchev–Trinajstić information content (AvgIpc) is 2.57. The van der Waals surface area contributed by atoms with Gasteiger partial charge in [0.1, 0.15) is 5.37 Å². The van der Waals surface area contributed by atoms with Crippen LogP contribution in [0, 0.1) is 17.8 Å². The van der Waals surface area contributed by atoms with Crippen molar-refractivity contribution in [2.24, 2.45) is 23.5 Å². The fraction of sp³-hybridized carbons (Fsp3) is 0.917. The van der Waals surface area contributed by atoms with E-state index in [2.05, 4.69) is 18.7 Å². The zero-order chi connectivity index (χ0) is 11.7. The highest BCUT2D eigenvalue weighted by Gasteiger charge is 2.36. The summed E-state index contributed by atoms with van der Waals surface area (Å²) in [5.74, 6) is 3.41. The number of hydrogen-bond donors (Lipinski definition) is 1. The van der Waals surface area contributed by atoms with Crippen molar-refractivity contribution in [1.82, 2.24) is 4.90 Å². The standard InChI is InChI=1S/C12H22N2OS/c1-8(2)10-5-9(6-10)7-14-3-4-16-12(14)11(13)15/h8-10,12H,3-7H2,1-2H3,(H2,13,15)/t9?,10?,12-/m0/s1. The molecular formula is C12H22N2OS. The van der Waals surface area contributed by atoms with Gasteiger partial charge in [-0.05, 0) is 30.6 Å². The van der Waals surface area contributed by atoms with Crippen molar-refractivity contribution in [3.63, 3.8) is 0 Å². The lowest BCUT2D eigenvalue weighted by atomic mass is 9.69. The molecular weight excluding hydrogens is 220 g/mol. The maximum atomic E-state index is 11.2. The van der Waals surface area contributed by atoms with E-state index in [-0.39, 0.29) is 11.3 Å². The third-order valence-electron chi connectivity index (χ3n) is 3.94. The van der Waals surface area contributed by atoms with Crippen LogP contribution in [0.15, 0.2) is 0 Å². The molecule has 1 saturated carbocycles. The first-order valence-electron chi connectivity index (χ1n) is 6.23. The molecule has 1 aliphatic heterocycles. The number of carbonyl (C=O) groups excluding carboxylic acids is 1. The van der Waals surface area contributed by atoms with Gasteiger partial charge in [0.15, 0.2) is 0 Å². The van der Waals surface area contributed by atoms with Crippen LogP contribution in [0.2, 0.25) is 0 Å². The van der Waals surface area contributed by atoms with Gasteiger partial charge in [0.05, 0.1) is 0 Å². The highest BCUT2D eigenvalue weighted by Crippen LogP contribution is 2.40. The normalized spacial score (nSPS) is 35.3. The van der Waals surface area contributed by atoms with E-state index in [0.29, 0.717) is 0 Å². The molecule has 1 aliphatic carbocycles. The number of primary amides is 1. The average molecular weight is 242 g/mol. The fourth-order valence-corrected chi connectivity index (χ4v) is 3.90. The number of carbonyl (C=O) groups is 1. The van der Waals surface area contributed by atoms with Gasteiger partial charge in [-0.25, -0.2) is 0 Å². The molecule has 1 saturated heterocycles. The fourth-order valence-electron chi connectivity index (χ4n) is 2.77. The van der Waals surface area contributed by atoms with E-state index in [0.717, 1.165) is 36.6 Å². The van der Waals surface area contributed by atoms with Gasteiger partial charge in [-0.15, -0.1) is 11.8 Å². The predicted molar refractivity (Wildman–Crippen MR) is 68.1 cm³/mol. The molecule has 1 atom stereocenters. The predicted octanol–water partition coefficient (Wildman–Crippen LogP) is 1.53. The minimum absolute atomic E-state index is 0.0573. The molecule has 2 fully saturated rings. The highest BCUT2D eigenvalue weighted by molar-refractivity contribution is 8.00. The Hall–Kier alpha value is -0.220. The highest BCUT2D eigenvalue weighted by atomic mass is 32.2. The lowest BCUT2D eigenvalue weighted by molar-refractivity contribution is -0.120. The maximum absolute atomic E-state index is 11.2. The first-order valence-corrected chi connectivity index (χ1v) is 7.27. The molecule has 16 heavy (non-hydrogen) atoms. The van der Waals surface area contributed by atoms with Gasteiger partial charge in [-0.3, -0.25) is 9.69 Å². The third-order valence-corrected chi connectivity index (χ3v) is 5.20. The van der Waals surface area contributed by atoms with Gasteiger partial charge in [0.25, 0.3) is 0 Å². The maximum Gasteiger partial charge on any atom is 0.245 e. The molecule has 0 aromatic heterocycles. The van der Waals surface area contributed by atoms with Crippen molar-refractivity contribution in [3.05, 3.63) is 0 Å². The molecule has 0 aromatic carbocycles. The van der Waals surface area contributed by atoms with E-state index in [1.165, 1.54) is 12.8 Å². The summed E-state index contributed by atoms with van der Waals surface area (Å²) in [4.78, 5) is 13.5. The summed E-state index contributed by atoms with van der Waals surface area (Å²) in [5.41, 5.74) is 5.40. The van der Waals surface area contributed by atoms with Crippen LogP contribution in [-0.4, -0.2) is 35.0 Å². The Morgan fingerprint density at radius 1 is 1.50 bits per heavy atom. The number of nitrogens with zero attached hydrogens (tertiary/aromatic N) is 1. The van der Waals surface area contributed by atoms with Crippen LogP contribution in [0.25, 0.3) is 0 Å². The first kappa shape index (κ1) is 12.2. The number of rotatable bonds is 4. The molecule has 92 valence electrons. The van der Waals surface area contributed by atoms with Gasteiger partial charge in [-0.2, -0.15) is 0 Å². The lowest BCUT2D eigenvalue weighted by Gasteiger charge is -2.40. The van der Waals surface area contributed by atoms with Crippen LogP contribution in [0.3, 0.4) is 0 Å². The quantitative estimate of drug-likeness (QED) is 0.813. The molecule has 1 amide bonds. The Morgan fingerprint density at radius 2 is 2.19 bits per heavy atom. The van der Waals surface area contributed by atoms with Gasteiger partial charge < -0.3 is 5.73 Å². The van der Waals surface area contributed by atoms with Gasteiger partial charge in [-0.1, -0.05) is 13.8 Å². The third kappa shape index (κ3) is 2.54. The van der Waals surface area contributed by atoms with Gasteiger partial charge in [0, 0.05) is 18.8 Å². The van der Waals surface area contributed by atoms with E-state index >= 15 is 0 Å². The minimum atomic E-state index is -0.165. The summed E-state index contributed by atoms with van der Waals surface area (Å²) in [6.45, 7) is 6.71. The Labute approximate surface area is 102 Å². The zero-order valence-electron chi connectivity index (χ0n) is 10.2. The summed E-state index contributed by atoms with van der Waals surface area (Å²) in [5, 5.41) is -0.0573. The second kappa shape index (κ2) is 4.96. The Morgan fingerprint density at radius 3 is 2.75 bits per heavy atom. The summed E-state index contributed by atoms with van der Waals surface area (Å²) in [6, 6.07) is 0. The Bertz CT molecular complexity index is 264. The van der Waals surface area contributed by atoms with Gasteiger partial charge >= 0.3 is 0 Å². The summed E-state index contributed by atoms with van der Waals surface area (Å²) < 4.78 is 0. The van der Waals surface area contributed by atoms with Crippen molar-refractivity contribution in [1.29, 1.82) is 0 Å². The largest absolute Gasteiger partial charge is 0.368 e. The summed E-state index contributed by atoms with van der Waals surface area (Å²) in [6.07, 6.45) is 2.68. The van der Waals surface area contributed by atoms with Crippen LogP contribution in [0.4, 0.5) is 0 Å². The van der Waals surface area contributed by atoms with Crippen molar-refractivity contribution < 1.29 is 4.79 Å². The first-order chi connectivity index (χ1) is 7.58. The minimum Gasteiger partial charge on any atom is -0.368 e. The molecule has 2 aliphatic rings. The lowest BCUT2D eigenvalue weighted by Crippen LogP contribution is -2.44. The zero-order valence-corrected chi connectivity index (χ0v) is 11.0. The number of hydrogen-bond acceptors (Lipinski definition) is 3. The molecule has 1 heterocycles. The van der Waals surface area contributed by atoms with E-state index in [4.69, 9.17) is 5.73 Å². The van der Waals surface area contributed by atoms with Crippen molar-refractivity contribution in [2.45, 2.75) is 32.1 Å². The van der Waals surface area contributed by atoms with Crippen LogP contribution in [0.5, 0.6) is 0 Å². The van der Waals surface area contributed by atoms with Crippen LogP contribution < -0.4 is 5.73 Å². The van der Waals surface area contributed by atoms with Gasteiger partial charge in [0.2, 0.25) is 5.91 Å². The summed E-state index contributed by atoms with van der Waals surface area (Å²) >= 11 is 1.69. The van der Waals surface area contributed by atoms with E-state index in [9.17, 15) is 4.79 Å². The van der Waals surface area contributed by atoms with E-state index in [1.807, 2.05) is 0 Å². The number of amides is 1. The second-order valence-electron chi connectivity index (χ2n) is 5.46. The number of thioether (sulfide) groups is 1. The Kier molecular flexibility index (Phi) is 3.80. The molecule has 0 aromatic rings. The van der Waals surface area contributed by atoms with Crippen molar-refractivity contribution in [2.75, 3.05) is 18.8 Å². The molecule has 2 rings (SSSR count). The number of nitrogens with two attached hydrogens (primary N) is 1. The van der Waals surface area contributed by atoms with Crippen LogP contribution >= 0.6 is 11.8 Å². The van der Waals surface area contributed by atoms with Crippen molar-refractivity contribution in [3.8, 4) is 0 Å². The molecule has 0 radical (unpaired) electrons. The van der Waals surface area contributed by atoms with E-state index in [1.54, 1.807) is 11.8 Å². The topological polar surface area (TPSA) is 46.3 Å². The monoisotopic (exact) mass is 242 g/mol. The van der Waals surface area contributed by atoms with Crippen LogP contribution in [-0.2, 0) is 4.79 Å². The Balaban J connectivity index is 1.76. The molecule has 0 spiro atoms. The molecule has 3 nitrogen and oxygen atoms in total. The molecule has 0 bridgehead atoms. The second-order valence-corrected chi connectivity index (χ2v) is 6.65. The molecule has 4 heteroatoms. The van der Waals surface area contributed by atoms with Crippen molar-refractivity contribution >= 4 is 17.7 Å². The summed E-state index contributed by atoms with van der Waals surface area (Å²) in [7, 11) is 0.